The van der Waals surface area contributed by atoms with Gasteiger partial charge in [-0.2, -0.15) is 0 Å². The average molecular weight is 346 g/mol. The van der Waals surface area contributed by atoms with E-state index >= 15 is 0 Å². The zero-order chi connectivity index (χ0) is 17.2. The highest BCUT2D eigenvalue weighted by Gasteiger charge is 2.87. The maximum Gasteiger partial charge on any atom is 0.224 e. The van der Waals surface area contributed by atoms with Crippen molar-refractivity contribution in [1.82, 2.24) is 5.32 Å². The van der Waals surface area contributed by atoms with Crippen molar-refractivity contribution in [2.75, 3.05) is 12.3 Å². The van der Waals surface area contributed by atoms with E-state index in [2.05, 4.69) is 5.32 Å². The lowest BCUT2D eigenvalue weighted by atomic mass is 9.14. The molecule has 1 aromatic rings. The average Bonchev–Trinajstić information content (AvgIpc) is 2.58. The molecular weight excluding hydrogens is 320 g/mol. The first-order chi connectivity index (χ1) is 12.7. The van der Waals surface area contributed by atoms with Crippen LogP contribution in [0.25, 0.3) is 0 Å². The van der Waals surface area contributed by atoms with Gasteiger partial charge in [0.25, 0.3) is 0 Å². The zero-order valence-electron chi connectivity index (χ0n) is 15.1. The highest BCUT2D eigenvalue weighted by atomic mass is 16.1. The van der Waals surface area contributed by atoms with Crippen LogP contribution < -0.4 is 11.1 Å². The van der Waals surface area contributed by atoms with E-state index in [1.165, 1.54) is 25.7 Å². The number of hydrogen-bond donors (Lipinski definition) is 2. The molecule has 0 bridgehead atoms. The van der Waals surface area contributed by atoms with Crippen LogP contribution in [0.2, 0.25) is 0 Å². The molecule has 0 heterocycles. The Morgan fingerprint density at radius 1 is 1.08 bits per heavy atom. The van der Waals surface area contributed by atoms with Crippen molar-refractivity contribution in [2.24, 2.45) is 46.8 Å². The van der Waals surface area contributed by atoms with Crippen LogP contribution in [0.4, 0.5) is 5.69 Å². The molecule has 3 heteroatoms. The van der Waals surface area contributed by atoms with Gasteiger partial charge in [0.2, 0.25) is 5.91 Å². The van der Waals surface area contributed by atoms with Crippen LogP contribution in [0.1, 0.15) is 31.2 Å². The lowest BCUT2D eigenvalue weighted by Gasteiger charge is -2.90. The first-order valence-corrected chi connectivity index (χ1v) is 10.5. The number of rotatable bonds is 4. The molecule has 8 atom stereocenters. The van der Waals surface area contributed by atoms with Crippen LogP contribution in [0.5, 0.6) is 0 Å². The summed E-state index contributed by atoms with van der Waals surface area (Å²) in [6.07, 6.45) is 6.17. The number of amides is 1. The van der Waals surface area contributed by atoms with E-state index in [-0.39, 0.29) is 5.91 Å². The second-order valence-corrected chi connectivity index (χ2v) is 9.90. The molecule has 4 fully saturated rings. The summed E-state index contributed by atoms with van der Waals surface area (Å²) in [7, 11) is 0. The normalized spacial score (nSPS) is 47.6. The molecule has 3 nitrogen and oxygen atoms in total. The lowest BCUT2D eigenvalue weighted by Crippen LogP contribution is -2.88. The number of fused-ring (bicyclic) bond motifs is 12. The largest absolute Gasteiger partial charge is 0.399 e. The Labute approximate surface area is 154 Å². The molecule has 7 rings (SSSR count). The molecule has 1 amide bonds. The van der Waals surface area contributed by atoms with Gasteiger partial charge in [0.1, 0.15) is 0 Å². The summed E-state index contributed by atoms with van der Waals surface area (Å²) >= 11 is 0. The Morgan fingerprint density at radius 3 is 2.54 bits per heavy atom. The van der Waals surface area contributed by atoms with Crippen molar-refractivity contribution in [1.29, 1.82) is 0 Å². The van der Waals surface area contributed by atoms with E-state index in [0.29, 0.717) is 11.8 Å². The summed E-state index contributed by atoms with van der Waals surface area (Å²) in [5.74, 6) is 6.95. The predicted octanol–water partition coefficient (Wildman–Crippen LogP) is 3.17. The van der Waals surface area contributed by atoms with Crippen LogP contribution in [0.15, 0.2) is 35.4 Å². The van der Waals surface area contributed by atoms with Gasteiger partial charge in [-0.15, -0.1) is 0 Å². The minimum atomic E-state index is 0.182. The SMILES string of the molecule is Nc1ccc(CC(=O)NCC23C4C5=C(CC5)C4C2C2C4CCC4C23)cc1. The summed E-state index contributed by atoms with van der Waals surface area (Å²) in [4.78, 5) is 12.6. The standard InChI is InChI=1S/C23H26N2O/c24-12-3-1-11(2-4-12)9-17(26)25-10-23-20-15-7-5-13(15)18(20)22(23)19-14-6-8-16(14)21(19)23/h1-4,13,15,18-22H,5-10,24H2,(H,25,26). The Morgan fingerprint density at radius 2 is 1.85 bits per heavy atom. The van der Waals surface area contributed by atoms with E-state index in [1.54, 1.807) is 0 Å². The highest BCUT2D eigenvalue weighted by molar-refractivity contribution is 5.79. The molecule has 26 heavy (non-hydrogen) atoms. The van der Waals surface area contributed by atoms with Crippen LogP contribution in [-0.2, 0) is 11.2 Å². The first-order valence-electron chi connectivity index (χ1n) is 10.5. The van der Waals surface area contributed by atoms with E-state index in [9.17, 15) is 4.79 Å². The predicted molar refractivity (Wildman–Crippen MR) is 99.9 cm³/mol. The van der Waals surface area contributed by atoms with Crippen molar-refractivity contribution in [2.45, 2.75) is 32.1 Å². The fourth-order valence-electron chi connectivity index (χ4n) is 8.49. The number of nitrogen functional groups attached to an aromatic ring is 1. The maximum absolute atomic E-state index is 12.6. The topological polar surface area (TPSA) is 55.1 Å². The fourth-order valence-corrected chi connectivity index (χ4v) is 8.49. The van der Waals surface area contributed by atoms with Gasteiger partial charge in [0, 0.05) is 17.6 Å². The summed E-state index contributed by atoms with van der Waals surface area (Å²) < 4.78 is 0. The quantitative estimate of drug-likeness (QED) is 0.500. The van der Waals surface area contributed by atoms with Crippen molar-refractivity contribution < 1.29 is 4.79 Å². The second kappa shape index (κ2) is 4.37. The van der Waals surface area contributed by atoms with Gasteiger partial charge < -0.3 is 11.1 Å². The molecular formula is C23H26N2O. The first kappa shape index (κ1) is 14.3. The van der Waals surface area contributed by atoms with Gasteiger partial charge in [-0.25, -0.2) is 0 Å². The Hall–Kier alpha value is -1.77. The van der Waals surface area contributed by atoms with Crippen molar-refractivity contribution in [3.63, 3.8) is 0 Å². The van der Waals surface area contributed by atoms with Gasteiger partial charge in [-0.05, 0) is 84.8 Å². The van der Waals surface area contributed by atoms with Crippen LogP contribution in [0, 0.1) is 46.8 Å². The second-order valence-electron chi connectivity index (χ2n) is 9.90. The van der Waals surface area contributed by atoms with E-state index in [0.717, 1.165) is 59.2 Å². The molecule has 0 aliphatic heterocycles. The summed E-state index contributed by atoms with van der Waals surface area (Å²) in [6, 6.07) is 7.71. The van der Waals surface area contributed by atoms with Crippen LogP contribution in [-0.4, -0.2) is 12.5 Å². The molecule has 0 radical (unpaired) electrons. The Balaban J connectivity index is 1.10. The van der Waals surface area contributed by atoms with E-state index < -0.39 is 0 Å². The number of carbonyl (C=O) groups excluding carboxylic acids is 1. The molecule has 3 N–H and O–H groups in total. The molecule has 1 aromatic carbocycles. The minimum absolute atomic E-state index is 0.182. The molecule has 0 aromatic heterocycles. The number of anilines is 1. The van der Waals surface area contributed by atoms with Gasteiger partial charge in [0.05, 0.1) is 6.42 Å². The lowest BCUT2D eigenvalue weighted by molar-refractivity contribution is -0.393. The third-order valence-electron chi connectivity index (χ3n) is 9.52. The zero-order valence-corrected chi connectivity index (χ0v) is 15.1. The number of benzene rings is 1. The summed E-state index contributed by atoms with van der Waals surface area (Å²) in [5.41, 5.74) is 11.7. The number of hydrogen-bond acceptors (Lipinski definition) is 2. The number of nitrogens with one attached hydrogen (secondary N) is 1. The molecule has 8 unspecified atom stereocenters. The van der Waals surface area contributed by atoms with Gasteiger partial charge in [0.15, 0.2) is 0 Å². The van der Waals surface area contributed by atoms with Crippen LogP contribution >= 0.6 is 0 Å². The van der Waals surface area contributed by atoms with Crippen molar-refractivity contribution >= 4 is 11.6 Å². The number of allylic oxidation sites excluding steroid dienone is 2. The minimum Gasteiger partial charge on any atom is -0.399 e. The van der Waals surface area contributed by atoms with Gasteiger partial charge in [-0.3, -0.25) is 4.79 Å². The molecule has 6 aliphatic carbocycles. The third kappa shape index (κ3) is 1.35. The smallest absolute Gasteiger partial charge is 0.224 e. The highest BCUT2D eigenvalue weighted by Crippen LogP contribution is 2.90. The van der Waals surface area contributed by atoms with Crippen molar-refractivity contribution in [3.8, 4) is 0 Å². The molecule has 6 aliphatic rings. The fraction of sp³-hybridized carbons (Fsp3) is 0.609. The molecule has 4 saturated carbocycles. The van der Waals surface area contributed by atoms with Crippen LogP contribution in [0.3, 0.4) is 0 Å². The van der Waals surface area contributed by atoms with Gasteiger partial charge >= 0.3 is 0 Å². The van der Waals surface area contributed by atoms with E-state index in [4.69, 9.17) is 5.73 Å². The molecule has 0 saturated heterocycles. The Bertz CT molecular complexity index is 871. The Kier molecular flexibility index (Phi) is 2.41. The van der Waals surface area contributed by atoms with Gasteiger partial charge in [-0.1, -0.05) is 23.3 Å². The van der Waals surface area contributed by atoms with Crippen molar-refractivity contribution in [3.05, 3.63) is 41.0 Å². The summed E-state index contributed by atoms with van der Waals surface area (Å²) in [6.45, 7) is 0.938. The maximum atomic E-state index is 12.6. The number of nitrogens with two attached hydrogens (primary N) is 1. The van der Waals surface area contributed by atoms with E-state index in [1.807, 2.05) is 35.4 Å². The number of carbonyl (C=O) groups is 1. The summed E-state index contributed by atoms with van der Waals surface area (Å²) in [5, 5.41) is 3.37. The monoisotopic (exact) mass is 346 g/mol. The molecule has 0 spiro atoms. The third-order valence-corrected chi connectivity index (χ3v) is 9.52. The molecule has 134 valence electrons.